The summed E-state index contributed by atoms with van der Waals surface area (Å²) in [6, 6.07) is 0.0855. The Hall–Kier alpha value is -2.22. The molecule has 0 aliphatic carbocycles. The Morgan fingerprint density at radius 1 is 1.57 bits per heavy atom. The Bertz CT molecular complexity index is 641. The third-order valence-corrected chi connectivity index (χ3v) is 3.77. The highest BCUT2D eigenvalue weighted by Gasteiger charge is 2.29. The fourth-order valence-electron chi connectivity index (χ4n) is 2.63. The van der Waals surface area contributed by atoms with Gasteiger partial charge in [0.15, 0.2) is 5.69 Å². The van der Waals surface area contributed by atoms with E-state index >= 15 is 0 Å². The van der Waals surface area contributed by atoms with Gasteiger partial charge in [0.25, 0.3) is 0 Å². The average Bonchev–Trinajstić information content (AvgIpc) is 3.20. The molecule has 112 valence electrons. The molecule has 0 bridgehead atoms. The molecule has 1 fully saturated rings. The quantitative estimate of drug-likeness (QED) is 0.813. The first-order valence-corrected chi connectivity index (χ1v) is 6.91. The summed E-state index contributed by atoms with van der Waals surface area (Å²) in [5.41, 5.74) is 2.08. The molecule has 0 saturated carbocycles. The predicted molar refractivity (Wildman–Crippen MR) is 73.6 cm³/mol. The monoisotopic (exact) mass is 290 g/mol. The summed E-state index contributed by atoms with van der Waals surface area (Å²) < 4.78 is 8.49. The highest BCUT2D eigenvalue weighted by molar-refractivity contribution is 5.88. The fourth-order valence-corrected chi connectivity index (χ4v) is 2.63. The minimum Gasteiger partial charge on any atom is -0.464 e. The second-order valence-corrected chi connectivity index (χ2v) is 5.12. The molecule has 1 atom stereocenters. The Balaban J connectivity index is 1.97. The van der Waals surface area contributed by atoms with Crippen LogP contribution in [0.25, 0.3) is 0 Å². The van der Waals surface area contributed by atoms with Gasteiger partial charge in [-0.05, 0) is 19.4 Å². The number of hydrogen-bond acceptors (Lipinski definition) is 6. The van der Waals surface area contributed by atoms with Crippen molar-refractivity contribution < 1.29 is 9.53 Å². The van der Waals surface area contributed by atoms with Gasteiger partial charge in [0.1, 0.15) is 0 Å². The molecule has 8 nitrogen and oxygen atoms in total. The van der Waals surface area contributed by atoms with Gasteiger partial charge in [0.2, 0.25) is 0 Å². The molecule has 0 amide bonds. The zero-order valence-corrected chi connectivity index (χ0v) is 12.1. The third-order valence-electron chi connectivity index (χ3n) is 3.77. The van der Waals surface area contributed by atoms with Crippen LogP contribution in [0.15, 0.2) is 12.5 Å². The summed E-state index contributed by atoms with van der Waals surface area (Å²) >= 11 is 0. The summed E-state index contributed by atoms with van der Waals surface area (Å²) in [6.07, 6.45) is 5.55. The second-order valence-electron chi connectivity index (χ2n) is 5.12. The van der Waals surface area contributed by atoms with Crippen molar-refractivity contribution in [3.63, 3.8) is 0 Å². The maximum absolute atomic E-state index is 11.9. The van der Waals surface area contributed by atoms with Gasteiger partial charge < -0.3 is 14.6 Å². The topological polar surface area (TPSA) is 86.9 Å². The van der Waals surface area contributed by atoms with E-state index in [1.807, 2.05) is 11.6 Å². The first kappa shape index (κ1) is 13.7. The van der Waals surface area contributed by atoms with Crippen LogP contribution in [0.4, 0.5) is 0 Å². The number of ether oxygens (including phenoxy) is 1. The van der Waals surface area contributed by atoms with Crippen LogP contribution < -0.4 is 5.32 Å². The van der Waals surface area contributed by atoms with Crippen LogP contribution in [0.3, 0.4) is 0 Å². The lowest BCUT2D eigenvalue weighted by Crippen LogP contribution is -2.21. The zero-order valence-electron chi connectivity index (χ0n) is 12.1. The average molecular weight is 290 g/mol. The smallest absolute Gasteiger partial charge is 0.360 e. The van der Waals surface area contributed by atoms with Crippen molar-refractivity contribution in [2.75, 3.05) is 13.7 Å². The number of aromatic nitrogens is 5. The van der Waals surface area contributed by atoms with Crippen molar-refractivity contribution in [2.45, 2.75) is 25.4 Å². The predicted octanol–water partition coefficient (Wildman–Crippen LogP) is 0.271. The molecular weight excluding hydrogens is 272 g/mol. The van der Waals surface area contributed by atoms with Crippen LogP contribution >= 0.6 is 0 Å². The zero-order chi connectivity index (χ0) is 14.8. The van der Waals surface area contributed by atoms with Gasteiger partial charge in [-0.2, -0.15) is 0 Å². The van der Waals surface area contributed by atoms with E-state index in [2.05, 4.69) is 20.6 Å². The number of hydrogen-bond donors (Lipinski definition) is 1. The van der Waals surface area contributed by atoms with Crippen LogP contribution in [0, 0.1) is 0 Å². The minimum atomic E-state index is -0.449. The summed E-state index contributed by atoms with van der Waals surface area (Å²) in [7, 11) is 3.28. The Kier molecular flexibility index (Phi) is 3.70. The summed E-state index contributed by atoms with van der Waals surface area (Å²) in [6.45, 7) is 1.45. The van der Waals surface area contributed by atoms with Gasteiger partial charge in [-0.3, -0.25) is 0 Å². The summed E-state index contributed by atoms with van der Waals surface area (Å²) in [4.78, 5) is 16.0. The molecule has 2 aromatic rings. The largest absolute Gasteiger partial charge is 0.464 e. The molecule has 1 aliphatic heterocycles. The van der Waals surface area contributed by atoms with E-state index in [0.29, 0.717) is 12.2 Å². The lowest BCUT2D eigenvalue weighted by Gasteiger charge is -2.14. The van der Waals surface area contributed by atoms with E-state index in [1.54, 1.807) is 17.2 Å². The molecule has 0 aromatic carbocycles. The number of imidazole rings is 1. The summed E-state index contributed by atoms with van der Waals surface area (Å²) in [5, 5.41) is 11.5. The van der Waals surface area contributed by atoms with Crippen molar-refractivity contribution in [3.8, 4) is 0 Å². The van der Waals surface area contributed by atoms with Gasteiger partial charge in [-0.25, -0.2) is 14.5 Å². The minimum absolute atomic E-state index is 0.0855. The highest BCUT2D eigenvalue weighted by Crippen LogP contribution is 2.26. The third kappa shape index (κ3) is 2.54. The number of methoxy groups -OCH3 is 1. The maximum atomic E-state index is 11.9. The first-order valence-electron chi connectivity index (χ1n) is 6.91. The molecule has 21 heavy (non-hydrogen) atoms. The van der Waals surface area contributed by atoms with Crippen molar-refractivity contribution in [3.05, 3.63) is 29.6 Å². The summed E-state index contributed by atoms with van der Waals surface area (Å²) in [5.74, 6) is -0.449. The van der Waals surface area contributed by atoms with Crippen molar-refractivity contribution >= 4 is 5.97 Å². The van der Waals surface area contributed by atoms with Crippen LogP contribution in [-0.4, -0.2) is 44.2 Å². The second kappa shape index (κ2) is 5.65. The van der Waals surface area contributed by atoms with Crippen LogP contribution in [-0.2, 0) is 18.3 Å². The van der Waals surface area contributed by atoms with Crippen molar-refractivity contribution in [1.82, 2.24) is 29.9 Å². The van der Waals surface area contributed by atoms with E-state index in [-0.39, 0.29) is 6.04 Å². The van der Waals surface area contributed by atoms with Gasteiger partial charge in [-0.1, -0.05) is 5.21 Å². The molecule has 3 heterocycles. The Morgan fingerprint density at radius 3 is 3.05 bits per heavy atom. The number of rotatable bonds is 4. The maximum Gasteiger partial charge on any atom is 0.360 e. The molecule has 0 spiro atoms. The van der Waals surface area contributed by atoms with Gasteiger partial charge in [0, 0.05) is 7.05 Å². The number of carbonyl (C=O) groups is 1. The first-order chi connectivity index (χ1) is 10.2. The molecule has 3 rings (SSSR count). The number of aryl methyl sites for hydroxylation is 1. The van der Waals surface area contributed by atoms with E-state index in [9.17, 15) is 4.79 Å². The van der Waals surface area contributed by atoms with Crippen LogP contribution in [0.2, 0.25) is 0 Å². The van der Waals surface area contributed by atoms with E-state index < -0.39 is 5.97 Å². The molecule has 0 radical (unpaired) electrons. The number of nitrogens with zero attached hydrogens (tertiary/aromatic N) is 5. The van der Waals surface area contributed by atoms with Crippen molar-refractivity contribution in [2.24, 2.45) is 7.05 Å². The lowest BCUT2D eigenvalue weighted by atomic mass is 10.1. The fraction of sp³-hybridized carbons (Fsp3) is 0.538. The van der Waals surface area contributed by atoms with E-state index in [4.69, 9.17) is 4.74 Å². The molecule has 1 saturated heterocycles. The molecule has 1 unspecified atom stereocenters. The number of esters is 1. The normalized spacial score (nSPS) is 18.1. The van der Waals surface area contributed by atoms with Crippen molar-refractivity contribution in [1.29, 1.82) is 0 Å². The molecule has 2 aromatic heterocycles. The van der Waals surface area contributed by atoms with E-state index in [1.165, 1.54) is 7.11 Å². The SMILES string of the molecule is COC(=O)c1nnn(Cc2cncn2C)c1C1CCCN1. The highest BCUT2D eigenvalue weighted by atomic mass is 16.5. The number of carbonyl (C=O) groups excluding carboxylic acids is 1. The van der Waals surface area contributed by atoms with E-state index in [0.717, 1.165) is 30.8 Å². The Morgan fingerprint density at radius 2 is 2.43 bits per heavy atom. The van der Waals surface area contributed by atoms with Gasteiger partial charge in [0.05, 0.1) is 43.6 Å². The number of nitrogens with one attached hydrogen (secondary N) is 1. The molecule has 8 heteroatoms. The van der Waals surface area contributed by atoms with Gasteiger partial charge in [-0.15, -0.1) is 5.10 Å². The van der Waals surface area contributed by atoms with Crippen LogP contribution in [0.5, 0.6) is 0 Å². The lowest BCUT2D eigenvalue weighted by molar-refractivity contribution is 0.0591. The molecular formula is C13H18N6O2. The van der Waals surface area contributed by atoms with Crippen LogP contribution in [0.1, 0.15) is 40.8 Å². The van der Waals surface area contributed by atoms with Gasteiger partial charge >= 0.3 is 5.97 Å². The molecule has 1 N–H and O–H groups in total. The Labute approximate surface area is 122 Å². The molecule has 1 aliphatic rings. The standard InChI is InChI=1S/C13H18N6O2/c1-18-8-14-6-9(18)7-19-12(10-4-3-5-15-10)11(16-17-19)13(20)21-2/h6,8,10,15H,3-5,7H2,1-2H3.